The summed E-state index contributed by atoms with van der Waals surface area (Å²) in [6.07, 6.45) is -0.792. The van der Waals surface area contributed by atoms with Gasteiger partial charge in [-0.15, -0.1) is 0 Å². The van der Waals surface area contributed by atoms with Crippen molar-refractivity contribution in [2.24, 2.45) is 0 Å². The van der Waals surface area contributed by atoms with Crippen LogP contribution < -0.4 is 10.1 Å². The molecule has 0 fully saturated rings. The smallest absolute Gasteiger partial charge is 0.260 e. The first-order valence-electron chi connectivity index (χ1n) is 6.83. The fourth-order valence-electron chi connectivity index (χ4n) is 1.87. The molecule has 22 heavy (non-hydrogen) atoms. The van der Waals surface area contributed by atoms with Crippen LogP contribution >= 0.6 is 11.3 Å². The first-order valence-corrected chi connectivity index (χ1v) is 7.78. The van der Waals surface area contributed by atoms with Gasteiger partial charge in [-0.1, -0.05) is 6.07 Å². The predicted octanol–water partition coefficient (Wildman–Crippen LogP) is 2.68. The standard InChI is InChI=1S/C16H18FNO3S/c1-11(21-14-5-3-4-13(17)8-14)15(19)18-10-16(2,20)12-6-7-22-9-12/h3-9,11,20H,10H2,1-2H3,(H,18,19). The van der Waals surface area contributed by atoms with Crippen LogP contribution in [0.5, 0.6) is 5.75 Å². The van der Waals surface area contributed by atoms with Gasteiger partial charge in [-0.05, 0) is 48.4 Å². The highest BCUT2D eigenvalue weighted by Gasteiger charge is 2.25. The molecule has 2 atom stereocenters. The third kappa shape index (κ3) is 4.29. The van der Waals surface area contributed by atoms with E-state index in [0.717, 1.165) is 5.56 Å². The van der Waals surface area contributed by atoms with Crippen molar-refractivity contribution in [3.63, 3.8) is 0 Å². The van der Waals surface area contributed by atoms with E-state index in [4.69, 9.17) is 4.74 Å². The Kier molecular flexibility index (Phi) is 5.15. The van der Waals surface area contributed by atoms with Gasteiger partial charge >= 0.3 is 0 Å². The van der Waals surface area contributed by atoms with Crippen LogP contribution in [0.1, 0.15) is 19.4 Å². The molecule has 0 aliphatic carbocycles. The molecule has 0 saturated heterocycles. The van der Waals surface area contributed by atoms with Crippen LogP contribution in [0.25, 0.3) is 0 Å². The third-order valence-corrected chi connectivity index (χ3v) is 3.91. The first kappa shape index (κ1) is 16.5. The Labute approximate surface area is 132 Å². The van der Waals surface area contributed by atoms with Gasteiger partial charge in [0.1, 0.15) is 17.2 Å². The fourth-order valence-corrected chi connectivity index (χ4v) is 2.66. The topological polar surface area (TPSA) is 58.6 Å². The molecule has 0 saturated carbocycles. The zero-order chi connectivity index (χ0) is 16.2. The average molecular weight is 323 g/mol. The van der Waals surface area contributed by atoms with Crippen LogP contribution in [0, 0.1) is 5.82 Å². The van der Waals surface area contributed by atoms with Crippen molar-refractivity contribution < 1.29 is 19.0 Å². The molecule has 0 spiro atoms. The monoisotopic (exact) mass is 323 g/mol. The van der Waals surface area contributed by atoms with Gasteiger partial charge in [0.05, 0.1) is 6.54 Å². The van der Waals surface area contributed by atoms with E-state index in [2.05, 4.69) is 5.32 Å². The van der Waals surface area contributed by atoms with Gasteiger partial charge in [0.2, 0.25) is 0 Å². The summed E-state index contributed by atoms with van der Waals surface area (Å²) in [5.74, 6) is -0.516. The molecule has 6 heteroatoms. The molecule has 0 aliphatic rings. The minimum Gasteiger partial charge on any atom is -0.481 e. The Morgan fingerprint density at radius 1 is 1.50 bits per heavy atom. The lowest BCUT2D eigenvalue weighted by molar-refractivity contribution is -0.128. The molecule has 2 rings (SSSR count). The van der Waals surface area contributed by atoms with E-state index in [1.54, 1.807) is 19.9 Å². The number of aliphatic hydroxyl groups is 1. The number of benzene rings is 1. The van der Waals surface area contributed by atoms with Crippen LogP contribution in [-0.2, 0) is 10.4 Å². The normalized spacial score (nSPS) is 14.9. The molecular formula is C16H18FNO3S. The van der Waals surface area contributed by atoms with E-state index in [9.17, 15) is 14.3 Å². The highest BCUT2D eigenvalue weighted by molar-refractivity contribution is 7.08. The van der Waals surface area contributed by atoms with Crippen LogP contribution in [0.15, 0.2) is 41.1 Å². The Balaban J connectivity index is 1.89. The Bertz CT molecular complexity index is 628. The molecule has 0 aliphatic heterocycles. The van der Waals surface area contributed by atoms with Gasteiger partial charge in [0.15, 0.2) is 6.10 Å². The Hall–Kier alpha value is -1.92. The molecule has 1 heterocycles. The summed E-state index contributed by atoms with van der Waals surface area (Å²) < 4.78 is 18.4. The summed E-state index contributed by atoms with van der Waals surface area (Å²) in [5, 5.41) is 16.7. The SMILES string of the molecule is CC(Oc1cccc(F)c1)C(=O)NCC(C)(O)c1ccsc1. The van der Waals surface area contributed by atoms with Gasteiger partial charge in [-0.3, -0.25) is 4.79 Å². The zero-order valence-electron chi connectivity index (χ0n) is 12.4. The van der Waals surface area contributed by atoms with Crippen molar-refractivity contribution >= 4 is 17.2 Å². The quantitative estimate of drug-likeness (QED) is 0.859. The van der Waals surface area contributed by atoms with Gasteiger partial charge in [-0.2, -0.15) is 11.3 Å². The van der Waals surface area contributed by atoms with Gasteiger partial charge < -0.3 is 15.2 Å². The number of hydrogen-bond donors (Lipinski definition) is 2. The van der Waals surface area contributed by atoms with Gasteiger partial charge in [-0.25, -0.2) is 4.39 Å². The van der Waals surface area contributed by atoms with E-state index in [-0.39, 0.29) is 18.2 Å². The lowest BCUT2D eigenvalue weighted by Crippen LogP contribution is -2.43. The van der Waals surface area contributed by atoms with E-state index in [0.29, 0.717) is 0 Å². The van der Waals surface area contributed by atoms with Crippen LogP contribution in [0.3, 0.4) is 0 Å². The maximum absolute atomic E-state index is 13.1. The van der Waals surface area contributed by atoms with Crippen molar-refractivity contribution in [1.82, 2.24) is 5.32 Å². The number of rotatable bonds is 6. The van der Waals surface area contributed by atoms with Gasteiger partial charge in [0, 0.05) is 6.07 Å². The van der Waals surface area contributed by atoms with Crippen molar-refractivity contribution in [2.75, 3.05) is 6.54 Å². The van der Waals surface area contributed by atoms with E-state index < -0.39 is 17.5 Å². The van der Waals surface area contributed by atoms with Crippen molar-refractivity contribution in [3.05, 3.63) is 52.5 Å². The first-order chi connectivity index (χ1) is 10.4. The number of nitrogens with one attached hydrogen (secondary N) is 1. The number of carbonyl (C=O) groups excluding carboxylic acids is 1. The third-order valence-electron chi connectivity index (χ3n) is 3.23. The lowest BCUT2D eigenvalue weighted by Gasteiger charge is -2.24. The molecule has 118 valence electrons. The predicted molar refractivity (Wildman–Crippen MR) is 83.4 cm³/mol. The molecule has 0 radical (unpaired) electrons. The highest BCUT2D eigenvalue weighted by Crippen LogP contribution is 2.22. The average Bonchev–Trinajstić information content (AvgIpc) is 3.00. The Morgan fingerprint density at radius 2 is 2.27 bits per heavy atom. The minimum atomic E-state index is -1.14. The maximum atomic E-state index is 13.1. The zero-order valence-corrected chi connectivity index (χ0v) is 13.2. The molecule has 1 aromatic carbocycles. The second-order valence-corrected chi connectivity index (χ2v) is 6.00. The molecule has 4 nitrogen and oxygen atoms in total. The van der Waals surface area contributed by atoms with E-state index >= 15 is 0 Å². The largest absolute Gasteiger partial charge is 0.481 e. The summed E-state index contributed by atoms with van der Waals surface area (Å²) in [6, 6.07) is 7.41. The lowest BCUT2D eigenvalue weighted by atomic mass is 9.99. The molecule has 1 aromatic heterocycles. The molecule has 0 bridgehead atoms. The summed E-state index contributed by atoms with van der Waals surface area (Å²) in [5.41, 5.74) is -0.398. The van der Waals surface area contributed by atoms with Crippen molar-refractivity contribution in [3.8, 4) is 5.75 Å². The van der Waals surface area contributed by atoms with E-state index in [1.165, 1.54) is 29.5 Å². The molecule has 2 N–H and O–H groups in total. The second-order valence-electron chi connectivity index (χ2n) is 5.22. The van der Waals surface area contributed by atoms with Crippen LogP contribution in [0.2, 0.25) is 0 Å². The molecule has 2 unspecified atom stereocenters. The number of ether oxygens (including phenoxy) is 1. The molecule has 2 aromatic rings. The maximum Gasteiger partial charge on any atom is 0.260 e. The summed E-state index contributed by atoms with van der Waals surface area (Å²) >= 11 is 1.48. The number of hydrogen-bond acceptors (Lipinski definition) is 4. The summed E-state index contributed by atoms with van der Waals surface area (Å²) in [6.45, 7) is 3.27. The summed E-state index contributed by atoms with van der Waals surface area (Å²) in [7, 11) is 0. The fraction of sp³-hybridized carbons (Fsp3) is 0.312. The van der Waals surface area contributed by atoms with E-state index in [1.807, 2.05) is 16.8 Å². The van der Waals surface area contributed by atoms with Crippen molar-refractivity contribution in [2.45, 2.75) is 25.6 Å². The molecular weight excluding hydrogens is 305 g/mol. The Morgan fingerprint density at radius 3 is 2.91 bits per heavy atom. The van der Waals surface area contributed by atoms with Crippen LogP contribution in [0.4, 0.5) is 4.39 Å². The second kappa shape index (κ2) is 6.89. The number of thiophene rings is 1. The van der Waals surface area contributed by atoms with Crippen molar-refractivity contribution in [1.29, 1.82) is 0 Å². The van der Waals surface area contributed by atoms with Gasteiger partial charge in [0.25, 0.3) is 5.91 Å². The number of amides is 1. The van der Waals surface area contributed by atoms with Crippen LogP contribution in [-0.4, -0.2) is 23.7 Å². The number of halogens is 1. The number of carbonyl (C=O) groups is 1. The molecule has 1 amide bonds. The minimum absolute atomic E-state index is 0.0689. The highest BCUT2D eigenvalue weighted by atomic mass is 32.1. The summed E-state index contributed by atoms with van der Waals surface area (Å²) in [4.78, 5) is 12.0.